The van der Waals surface area contributed by atoms with Crippen LogP contribution in [0.15, 0.2) is 30.0 Å². The van der Waals surface area contributed by atoms with Crippen molar-refractivity contribution in [2.45, 2.75) is 33.4 Å². The summed E-state index contributed by atoms with van der Waals surface area (Å²) in [6.07, 6.45) is 5.89. The molecule has 0 saturated carbocycles. The first-order valence-corrected chi connectivity index (χ1v) is 9.58. The van der Waals surface area contributed by atoms with Crippen molar-refractivity contribution >= 4 is 33.4 Å². The van der Waals surface area contributed by atoms with Gasteiger partial charge in [-0.3, -0.25) is 4.40 Å². The van der Waals surface area contributed by atoms with Crippen LogP contribution in [0.2, 0.25) is 0 Å². The van der Waals surface area contributed by atoms with Gasteiger partial charge in [-0.1, -0.05) is 13.8 Å². The maximum atomic E-state index is 4.67. The fourth-order valence-corrected chi connectivity index (χ4v) is 3.71. The second kappa shape index (κ2) is 7.06. The number of hydrazine groups is 1. The number of imidazole rings is 1. The van der Waals surface area contributed by atoms with E-state index in [0.29, 0.717) is 6.04 Å². The number of nitrogens with one attached hydrogen (secondary N) is 4. The van der Waals surface area contributed by atoms with Crippen LogP contribution in [0.25, 0.3) is 11.2 Å². The van der Waals surface area contributed by atoms with E-state index in [4.69, 9.17) is 0 Å². The van der Waals surface area contributed by atoms with E-state index < -0.39 is 0 Å². The number of hydrogen-bond acceptors (Lipinski definition) is 7. The quantitative estimate of drug-likeness (QED) is 0.535. The standard InChI is InChI=1S/C18H23N7S/c1-11(2)19-5-13-4-16(26-10-13)24-17-18-20-8-15(14-6-21-22-7-14)25(18)9-12(3)23-17/h4,6,8-11,19,21-22H,5,7H2,1-3H3,(H,23,24). The highest BCUT2D eigenvalue weighted by molar-refractivity contribution is 7.14. The lowest BCUT2D eigenvalue weighted by molar-refractivity contribution is 0.590. The predicted molar refractivity (Wildman–Crippen MR) is 106 cm³/mol. The Bertz CT molecular complexity index is 954. The summed E-state index contributed by atoms with van der Waals surface area (Å²) in [5.74, 6) is 0.779. The molecule has 0 saturated heterocycles. The Hall–Kier alpha value is -2.42. The molecule has 4 rings (SSSR count). The Labute approximate surface area is 156 Å². The minimum atomic E-state index is 0.474. The molecule has 0 atom stereocenters. The number of thiophene rings is 1. The number of aryl methyl sites for hydroxylation is 1. The van der Waals surface area contributed by atoms with Gasteiger partial charge >= 0.3 is 0 Å². The van der Waals surface area contributed by atoms with Crippen LogP contribution in [0, 0.1) is 6.92 Å². The lowest BCUT2D eigenvalue weighted by Crippen LogP contribution is -2.21. The normalized spacial score (nSPS) is 14.1. The van der Waals surface area contributed by atoms with Gasteiger partial charge in [-0.15, -0.1) is 11.3 Å². The highest BCUT2D eigenvalue weighted by Gasteiger charge is 2.15. The van der Waals surface area contributed by atoms with Crippen molar-refractivity contribution < 1.29 is 0 Å². The molecule has 0 radical (unpaired) electrons. The van der Waals surface area contributed by atoms with Crippen LogP contribution in [0.1, 0.15) is 30.8 Å². The van der Waals surface area contributed by atoms with Gasteiger partial charge in [-0.2, -0.15) is 0 Å². The summed E-state index contributed by atoms with van der Waals surface area (Å²) in [6, 6.07) is 2.64. The van der Waals surface area contributed by atoms with Crippen LogP contribution < -0.4 is 21.5 Å². The van der Waals surface area contributed by atoms with E-state index in [-0.39, 0.29) is 0 Å². The SMILES string of the molecule is Cc1cn2c(C3=CNNC3)cnc2c(Nc2cc(CNC(C)C)cs2)n1. The molecule has 3 aromatic heterocycles. The van der Waals surface area contributed by atoms with Gasteiger partial charge in [0.1, 0.15) is 0 Å². The average Bonchev–Trinajstić information content (AvgIpc) is 3.32. The van der Waals surface area contributed by atoms with E-state index in [2.05, 4.69) is 61.1 Å². The molecule has 26 heavy (non-hydrogen) atoms. The lowest BCUT2D eigenvalue weighted by Gasteiger charge is -2.08. The molecule has 4 N–H and O–H groups in total. The van der Waals surface area contributed by atoms with Crippen LogP contribution in [-0.2, 0) is 6.54 Å². The third kappa shape index (κ3) is 3.44. The molecule has 3 aromatic rings. The first-order chi connectivity index (χ1) is 12.6. The van der Waals surface area contributed by atoms with E-state index in [9.17, 15) is 0 Å². The van der Waals surface area contributed by atoms with E-state index in [1.807, 2.05) is 25.5 Å². The number of anilines is 2. The summed E-state index contributed by atoms with van der Waals surface area (Å²) in [7, 11) is 0. The maximum absolute atomic E-state index is 4.67. The third-order valence-corrected chi connectivity index (χ3v) is 5.07. The van der Waals surface area contributed by atoms with Crippen LogP contribution in [0.3, 0.4) is 0 Å². The van der Waals surface area contributed by atoms with Gasteiger partial charge in [-0.05, 0) is 23.9 Å². The van der Waals surface area contributed by atoms with Gasteiger partial charge in [0.2, 0.25) is 0 Å². The topological polar surface area (TPSA) is 78.3 Å². The number of rotatable bonds is 6. The largest absolute Gasteiger partial charge is 0.329 e. The first-order valence-electron chi connectivity index (χ1n) is 8.70. The number of nitrogens with zero attached hydrogens (tertiary/aromatic N) is 3. The molecular weight excluding hydrogens is 346 g/mol. The fraction of sp³-hybridized carbons (Fsp3) is 0.333. The molecule has 1 aliphatic heterocycles. The molecule has 0 spiro atoms. The Morgan fingerprint density at radius 1 is 1.38 bits per heavy atom. The van der Waals surface area contributed by atoms with Crippen molar-refractivity contribution in [3.63, 3.8) is 0 Å². The lowest BCUT2D eigenvalue weighted by atomic mass is 10.2. The molecule has 0 bridgehead atoms. The molecular formula is C18H23N7S. The van der Waals surface area contributed by atoms with E-state index in [1.54, 1.807) is 11.3 Å². The van der Waals surface area contributed by atoms with Crippen LogP contribution in [-0.4, -0.2) is 27.0 Å². The fourth-order valence-electron chi connectivity index (χ4n) is 2.90. The summed E-state index contributed by atoms with van der Waals surface area (Å²) >= 11 is 1.68. The van der Waals surface area contributed by atoms with Crippen molar-refractivity contribution in [2.24, 2.45) is 0 Å². The average molecular weight is 369 g/mol. The van der Waals surface area contributed by atoms with Crippen LogP contribution in [0.4, 0.5) is 10.8 Å². The van der Waals surface area contributed by atoms with Gasteiger partial charge in [0.15, 0.2) is 11.5 Å². The summed E-state index contributed by atoms with van der Waals surface area (Å²) in [4.78, 5) is 9.27. The molecule has 0 aromatic carbocycles. The Balaban J connectivity index is 1.62. The molecule has 8 heteroatoms. The van der Waals surface area contributed by atoms with E-state index >= 15 is 0 Å². The van der Waals surface area contributed by atoms with Crippen molar-refractivity contribution in [1.29, 1.82) is 0 Å². The van der Waals surface area contributed by atoms with Gasteiger partial charge in [0.05, 0.1) is 22.6 Å². The monoisotopic (exact) mass is 369 g/mol. The molecule has 0 amide bonds. The zero-order chi connectivity index (χ0) is 18.1. The van der Waals surface area contributed by atoms with Crippen molar-refractivity contribution in [1.82, 2.24) is 30.5 Å². The van der Waals surface area contributed by atoms with Gasteiger partial charge in [0, 0.05) is 37.1 Å². The summed E-state index contributed by atoms with van der Waals surface area (Å²) in [5, 5.41) is 10.1. The summed E-state index contributed by atoms with van der Waals surface area (Å²) < 4.78 is 2.10. The van der Waals surface area contributed by atoms with E-state index in [1.165, 1.54) is 11.1 Å². The highest BCUT2D eigenvalue weighted by atomic mass is 32.1. The van der Waals surface area contributed by atoms with Crippen molar-refractivity contribution in [3.8, 4) is 0 Å². The number of aromatic nitrogens is 3. The second-order valence-corrected chi connectivity index (χ2v) is 7.63. The van der Waals surface area contributed by atoms with Crippen LogP contribution >= 0.6 is 11.3 Å². The minimum Gasteiger partial charge on any atom is -0.329 e. The van der Waals surface area contributed by atoms with Crippen LogP contribution in [0.5, 0.6) is 0 Å². The van der Waals surface area contributed by atoms with Gasteiger partial charge in [0.25, 0.3) is 0 Å². The minimum absolute atomic E-state index is 0.474. The molecule has 0 aliphatic carbocycles. The summed E-state index contributed by atoms with van der Waals surface area (Å²) in [6.45, 7) is 7.95. The molecule has 136 valence electrons. The molecule has 4 heterocycles. The smallest absolute Gasteiger partial charge is 0.180 e. The maximum Gasteiger partial charge on any atom is 0.180 e. The molecule has 0 fully saturated rings. The molecule has 0 unspecified atom stereocenters. The van der Waals surface area contributed by atoms with E-state index in [0.717, 1.165) is 40.9 Å². The molecule has 1 aliphatic rings. The molecule has 7 nitrogen and oxygen atoms in total. The van der Waals surface area contributed by atoms with Crippen molar-refractivity contribution in [2.75, 3.05) is 11.9 Å². The predicted octanol–water partition coefficient (Wildman–Crippen LogP) is 2.79. The Kier molecular flexibility index (Phi) is 4.62. The third-order valence-electron chi connectivity index (χ3n) is 4.18. The Morgan fingerprint density at radius 3 is 3.04 bits per heavy atom. The van der Waals surface area contributed by atoms with Gasteiger partial charge < -0.3 is 16.1 Å². The zero-order valence-electron chi connectivity index (χ0n) is 15.1. The second-order valence-electron chi connectivity index (χ2n) is 6.72. The van der Waals surface area contributed by atoms with Crippen molar-refractivity contribution in [3.05, 3.63) is 47.0 Å². The number of hydrogen-bond donors (Lipinski definition) is 4. The number of fused-ring (bicyclic) bond motifs is 1. The first kappa shape index (κ1) is 17.0. The summed E-state index contributed by atoms with van der Waals surface area (Å²) in [5.41, 5.74) is 11.4. The highest BCUT2D eigenvalue weighted by Crippen LogP contribution is 2.27. The Morgan fingerprint density at radius 2 is 2.27 bits per heavy atom. The van der Waals surface area contributed by atoms with Gasteiger partial charge in [-0.25, -0.2) is 15.4 Å². The zero-order valence-corrected chi connectivity index (χ0v) is 15.9.